The predicted octanol–water partition coefficient (Wildman–Crippen LogP) is 4.02. The van der Waals surface area contributed by atoms with Gasteiger partial charge in [0.25, 0.3) is 0 Å². The molecule has 6 heteroatoms. The third-order valence-electron chi connectivity index (χ3n) is 4.01. The molecule has 27 heavy (non-hydrogen) atoms. The first kappa shape index (κ1) is 19.4. The van der Waals surface area contributed by atoms with Crippen LogP contribution in [0, 0.1) is 0 Å². The van der Waals surface area contributed by atoms with Crippen molar-refractivity contribution in [3.63, 3.8) is 0 Å². The Balaban J connectivity index is 1.54. The number of rotatable bonds is 10. The van der Waals surface area contributed by atoms with Crippen LogP contribution in [0.1, 0.15) is 22.2 Å². The molecule has 3 rings (SSSR count). The molecule has 0 saturated heterocycles. The molecular formula is C21H23NO4S. The predicted molar refractivity (Wildman–Crippen MR) is 105 cm³/mol. The molecule has 3 aromatic rings. The summed E-state index contributed by atoms with van der Waals surface area (Å²) in [7, 11) is 1.63. The Morgan fingerprint density at radius 1 is 1.00 bits per heavy atom. The molecule has 142 valence electrons. The second-order valence-electron chi connectivity index (χ2n) is 6.03. The molecule has 1 heterocycles. The Kier molecular flexibility index (Phi) is 7.21. The monoisotopic (exact) mass is 385 g/mol. The highest BCUT2D eigenvalue weighted by atomic mass is 32.1. The Morgan fingerprint density at radius 3 is 2.56 bits per heavy atom. The van der Waals surface area contributed by atoms with Crippen LogP contribution in [0.15, 0.2) is 60.0 Å². The summed E-state index contributed by atoms with van der Waals surface area (Å²) in [5.74, 6) is 1.52. The lowest BCUT2D eigenvalue weighted by atomic mass is 10.0. The van der Waals surface area contributed by atoms with Crippen molar-refractivity contribution < 1.29 is 19.3 Å². The molecule has 1 N–H and O–H groups in total. The number of aliphatic hydroxyl groups excluding tert-OH is 1. The first-order valence-corrected chi connectivity index (χ1v) is 9.60. The van der Waals surface area contributed by atoms with Crippen LogP contribution in [0.25, 0.3) is 0 Å². The zero-order chi connectivity index (χ0) is 18.9. The topological polar surface area (TPSA) is 60.8 Å². The third kappa shape index (κ3) is 5.79. The first-order valence-electron chi connectivity index (χ1n) is 8.72. The maximum Gasteiger partial charge on any atom is 0.140 e. The lowest BCUT2D eigenvalue weighted by Crippen LogP contribution is -2.10. The van der Waals surface area contributed by atoms with Crippen LogP contribution in [-0.2, 0) is 18.0 Å². The summed E-state index contributed by atoms with van der Waals surface area (Å²) in [5, 5.41) is 12.4. The third-order valence-corrected chi connectivity index (χ3v) is 4.88. The van der Waals surface area contributed by atoms with Gasteiger partial charge < -0.3 is 19.3 Å². The second-order valence-corrected chi connectivity index (χ2v) is 6.97. The van der Waals surface area contributed by atoms with Gasteiger partial charge in [-0.05, 0) is 29.8 Å². The minimum atomic E-state index is -0.0560. The average molecular weight is 385 g/mol. The molecule has 0 aliphatic heterocycles. The summed E-state index contributed by atoms with van der Waals surface area (Å²) >= 11 is 1.56. The molecule has 0 aliphatic rings. The van der Waals surface area contributed by atoms with Crippen molar-refractivity contribution in [2.45, 2.75) is 19.1 Å². The lowest BCUT2D eigenvalue weighted by Gasteiger charge is -2.14. The van der Waals surface area contributed by atoms with Crippen LogP contribution in [0.3, 0.4) is 0 Å². The van der Waals surface area contributed by atoms with Gasteiger partial charge in [-0.2, -0.15) is 0 Å². The van der Waals surface area contributed by atoms with Gasteiger partial charge in [-0.15, -0.1) is 11.3 Å². The van der Waals surface area contributed by atoms with Gasteiger partial charge in [0.15, 0.2) is 0 Å². The zero-order valence-electron chi connectivity index (χ0n) is 15.2. The van der Waals surface area contributed by atoms with E-state index in [0.717, 1.165) is 27.8 Å². The lowest BCUT2D eigenvalue weighted by molar-refractivity contribution is 0.144. The van der Waals surface area contributed by atoms with E-state index < -0.39 is 0 Å². The molecule has 0 amide bonds. The smallest absolute Gasteiger partial charge is 0.140 e. The first-order chi connectivity index (χ1) is 13.3. The molecule has 1 unspecified atom stereocenters. The fraction of sp³-hybridized carbons (Fsp3) is 0.286. The molecule has 5 nitrogen and oxygen atoms in total. The van der Waals surface area contributed by atoms with E-state index in [0.29, 0.717) is 19.8 Å². The van der Waals surface area contributed by atoms with Crippen molar-refractivity contribution >= 4 is 11.3 Å². The number of hydrogen-bond donors (Lipinski definition) is 1. The van der Waals surface area contributed by atoms with Crippen LogP contribution in [0.5, 0.6) is 11.5 Å². The molecule has 0 radical (unpaired) electrons. The maximum absolute atomic E-state index is 9.50. The summed E-state index contributed by atoms with van der Waals surface area (Å²) < 4.78 is 16.7. The van der Waals surface area contributed by atoms with Crippen molar-refractivity contribution in [2.24, 2.45) is 0 Å². The summed E-state index contributed by atoms with van der Waals surface area (Å²) in [5.41, 5.74) is 1.86. The standard InChI is InChI=1S/C21H23NO4S/c1-24-12-17(11-23)16-6-5-9-20(10-16)25-13-18-15-27-21(22-18)14-26-19-7-3-2-4-8-19/h2-10,15,17,23H,11-14H2,1H3. The van der Waals surface area contributed by atoms with Crippen molar-refractivity contribution in [3.8, 4) is 11.5 Å². The molecule has 1 aromatic heterocycles. The quantitative estimate of drug-likeness (QED) is 0.571. The fourth-order valence-electron chi connectivity index (χ4n) is 2.61. The summed E-state index contributed by atoms with van der Waals surface area (Å²) in [6, 6.07) is 17.4. The number of thiazole rings is 1. The number of aromatic nitrogens is 1. The second kappa shape index (κ2) is 10.1. The van der Waals surface area contributed by atoms with E-state index in [4.69, 9.17) is 14.2 Å². The molecule has 1 atom stereocenters. The fourth-order valence-corrected chi connectivity index (χ4v) is 3.30. The van der Waals surface area contributed by atoms with Gasteiger partial charge in [-0.1, -0.05) is 30.3 Å². The zero-order valence-corrected chi connectivity index (χ0v) is 16.0. The van der Waals surface area contributed by atoms with Crippen molar-refractivity contribution in [2.75, 3.05) is 20.3 Å². The highest BCUT2D eigenvalue weighted by Gasteiger charge is 2.11. The van der Waals surface area contributed by atoms with Gasteiger partial charge in [-0.3, -0.25) is 0 Å². The molecule has 0 fully saturated rings. The Hall–Kier alpha value is -2.41. The van der Waals surface area contributed by atoms with E-state index in [1.807, 2.05) is 60.0 Å². The molecule has 0 aliphatic carbocycles. The molecular weight excluding hydrogens is 362 g/mol. The molecule has 0 saturated carbocycles. The van der Waals surface area contributed by atoms with Crippen molar-refractivity contribution in [1.29, 1.82) is 0 Å². The number of hydrogen-bond acceptors (Lipinski definition) is 6. The van der Waals surface area contributed by atoms with Crippen LogP contribution in [-0.4, -0.2) is 30.4 Å². The van der Waals surface area contributed by atoms with E-state index >= 15 is 0 Å². The summed E-state index contributed by atoms with van der Waals surface area (Å²) in [6.45, 7) is 1.34. The van der Waals surface area contributed by atoms with Crippen LogP contribution < -0.4 is 9.47 Å². The highest BCUT2D eigenvalue weighted by Crippen LogP contribution is 2.22. The van der Waals surface area contributed by atoms with Gasteiger partial charge in [0.1, 0.15) is 29.7 Å². The Bertz CT molecular complexity index is 822. The largest absolute Gasteiger partial charge is 0.487 e. The molecule has 2 aromatic carbocycles. The number of aliphatic hydroxyl groups is 1. The van der Waals surface area contributed by atoms with Crippen LogP contribution in [0.4, 0.5) is 0 Å². The van der Waals surface area contributed by atoms with Crippen LogP contribution in [0.2, 0.25) is 0 Å². The average Bonchev–Trinajstić information content (AvgIpc) is 3.18. The Morgan fingerprint density at radius 2 is 1.78 bits per heavy atom. The van der Waals surface area contributed by atoms with Gasteiger partial charge in [0.2, 0.25) is 0 Å². The van der Waals surface area contributed by atoms with Gasteiger partial charge in [0, 0.05) is 18.4 Å². The van der Waals surface area contributed by atoms with E-state index in [2.05, 4.69) is 4.98 Å². The Labute approximate surface area is 163 Å². The number of nitrogens with zero attached hydrogens (tertiary/aromatic N) is 1. The van der Waals surface area contributed by atoms with E-state index in [1.165, 1.54) is 0 Å². The van der Waals surface area contributed by atoms with Crippen LogP contribution >= 0.6 is 11.3 Å². The van der Waals surface area contributed by atoms with E-state index in [-0.39, 0.29) is 12.5 Å². The number of methoxy groups -OCH3 is 1. The van der Waals surface area contributed by atoms with Crippen molar-refractivity contribution in [1.82, 2.24) is 4.98 Å². The van der Waals surface area contributed by atoms with E-state index in [1.54, 1.807) is 18.4 Å². The molecule has 0 bridgehead atoms. The number of benzene rings is 2. The SMILES string of the molecule is COCC(CO)c1cccc(OCc2csc(COc3ccccc3)n2)c1. The van der Waals surface area contributed by atoms with Crippen molar-refractivity contribution in [3.05, 3.63) is 76.2 Å². The van der Waals surface area contributed by atoms with E-state index in [9.17, 15) is 5.11 Å². The minimum Gasteiger partial charge on any atom is -0.487 e. The maximum atomic E-state index is 9.50. The number of ether oxygens (including phenoxy) is 3. The minimum absolute atomic E-state index is 0.0359. The normalized spacial score (nSPS) is 11.9. The van der Waals surface area contributed by atoms with Gasteiger partial charge >= 0.3 is 0 Å². The molecule has 0 spiro atoms. The van der Waals surface area contributed by atoms with Gasteiger partial charge in [0.05, 0.1) is 18.9 Å². The summed E-state index contributed by atoms with van der Waals surface area (Å²) in [6.07, 6.45) is 0. The van der Waals surface area contributed by atoms with Gasteiger partial charge in [-0.25, -0.2) is 4.98 Å². The highest BCUT2D eigenvalue weighted by molar-refractivity contribution is 7.09. The summed E-state index contributed by atoms with van der Waals surface area (Å²) in [4.78, 5) is 4.55. The number of para-hydroxylation sites is 1.